The van der Waals surface area contributed by atoms with Gasteiger partial charge < -0.3 is 5.32 Å². The Balaban J connectivity index is 2.02. The highest BCUT2D eigenvalue weighted by atomic mass is 16.1. The molecule has 0 unspecified atom stereocenters. The molecule has 0 heterocycles. The van der Waals surface area contributed by atoms with E-state index in [2.05, 4.69) is 11.4 Å². The standard InChI is InChI=1S/C13H16NO/c1-10-6-2-5-9-12(10)14-13(15)11-7-3-4-8-11/h2,6,9,11H,3-4,7-8H2,1H3,(H,14,15). The molecule has 1 fully saturated rings. The highest BCUT2D eigenvalue weighted by Gasteiger charge is 2.22. The largest absolute Gasteiger partial charge is 0.326 e. The molecule has 1 N–H and O–H groups in total. The van der Waals surface area contributed by atoms with Gasteiger partial charge in [0.2, 0.25) is 5.91 Å². The van der Waals surface area contributed by atoms with Crippen molar-refractivity contribution in [3.05, 3.63) is 29.8 Å². The first kappa shape index (κ1) is 10.2. The minimum absolute atomic E-state index is 0.176. The molecule has 1 aromatic rings. The third kappa shape index (κ3) is 2.38. The number of amides is 1. The molecular formula is C13H16NO. The lowest BCUT2D eigenvalue weighted by Crippen LogP contribution is -2.20. The number of nitrogens with one attached hydrogen (secondary N) is 1. The lowest BCUT2D eigenvalue weighted by molar-refractivity contribution is -0.119. The van der Waals surface area contributed by atoms with E-state index in [1.807, 2.05) is 25.1 Å². The van der Waals surface area contributed by atoms with Crippen LogP contribution < -0.4 is 5.32 Å². The number of anilines is 1. The minimum atomic E-state index is 0.176. The van der Waals surface area contributed by atoms with Gasteiger partial charge in [0, 0.05) is 11.6 Å². The number of rotatable bonds is 2. The number of hydrogen-bond donors (Lipinski definition) is 1. The summed E-state index contributed by atoms with van der Waals surface area (Å²) in [4.78, 5) is 11.8. The van der Waals surface area contributed by atoms with E-state index in [9.17, 15) is 4.79 Å². The van der Waals surface area contributed by atoms with Crippen molar-refractivity contribution < 1.29 is 4.79 Å². The van der Waals surface area contributed by atoms with E-state index in [-0.39, 0.29) is 11.8 Å². The first-order valence-electron chi connectivity index (χ1n) is 5.55. The summed E-state index contributed by atoms with van der Waals surface area (Å²) in [6.45, 7) is 2.00. The molecule has 0 spiro atoms. The van der Waals surface area contributed by atoms with Gasteiger partial charge in [0.05, 0.1) is 0 Å². The Kier molecular flexibility index (Phi) is 3.05. The van der Waals surface area contributed by atoms with Gasteiger partial charge in [-0.25, -0.2) is 0 Å². The van der Waals surface area contributed by atoms with Crippen molar-refractivity contribution in [2.75, 3.05) is 5.32 Å². The van der Waals surface area contributed by atoms with Gasteiger partial charge in [-0.2, -0.15) is 0 Å². The smallest absolute Gasteiger partial charge is 0.227 e. The molecule has 0 aliphatic heterocycles. The molecule has 1 amide bonds. The first-order chi connectivity index (χ1) is 7.27. The molecule has 15 heavy (non-hydrogen) atoms. The Morgan fingerprint density at radius 3 is 2.87 bits per heavy atom. The van der Waals surface area contributed by atoms with Crippen molar-refractivity contribution in [3.8, 4) is 0 Å². The Labute approximate surface area is 90.7 Å². The van der Waals surface area contributed by atoms with Crippen LogP contribution in [0.15, 0.2) is 18.2 Å². The average Bonchev–Trinajstić information content (AvgIpc) is 2.74. The molecule has 0 saturated heterocycles. The molecular weight excluding hydrogens is 186 g/mol. The zero-order valence-electron chi connectivity index (χ0n) is 9.05. The van der Waals surface area contributed by atoms with E-state index in [0.717, 1.165) is 24.1 Å². The van der Waals surface area contributed by atoms with Crippen LogP contribution in [0.25, 0.3) is 0 Å². The van der Waals surface area contributed by atoms with Crippen LogP contribution in [0.3, 0.4) is 0 Å². The van der Waals surface area contributed by atoms with Crippen molar-refractivity contribution >= 4 is 11.6 Å². The topological polar surface area (TPSA) is 29.1 Å². The van der Waals surface area contributed by atoms with E-state index in [4.69, 9.17) is 0 Å². The summed E-state index contributed by atoms with van der Waals surface area (Å²) in [6.07, 6.45) is 4.47. The Morgan fingerprint density at radius 2 is 2.20 bits per heavy atom. The van der Waals surface area contributed by atoms with Gasteiger partial charge in [0.25, 0.3) is 0 Å². The van der Waals surface area contributed by atoms with Gasteiger partial charge in [-0.1, -0.05) is 25.0 Å². The van der Waals surface area contributed by atoms with Crippen LogP contribution in [0.4, 0.5) is 5.69 Å². The van der Waals surface area contributed by atoms with E-state index >= 15 is 0 Å². The van der Waals surface area contributed by atoms with Crippen LogP contribution >= 0.6 is 0 Å². The van der Waals surface area contributed by atoms with E-state index < -0.39 is 0 Å². The van der Waals surface area contributed by atoms with Crippen LogP contribution in [-0.4, -0.2) is 5.91 Å². The Morgan fingerprint density at radius 1 is 1.47 bits per heavy atom. The summed E-state index contributed by atoms with van der Waals surface area (Å²) < 4.78 is 0. The van der Waals surface area contributed by atoms with Gasteiger partial charge in [0.15, 0.2) is 0 Å². The second-order valence-corrected chi connectivity index (χ2v) is 4.21. The van der Waals surface area contributed by atoms with Crippen LogP contribution in [0.2, 0.25) is 0 Å². The maximum absolute atomic E-state index is 11.8. The highest BCUT2D eigenvalue weighted by molar-refractivity contribution is 5.93. The number of benzene rings is 1. The fraction of sp³-hybridized carbons (Fsp3) is 0.462. The third-order valence-corrected chi connectivity index (χ3v) is 3.07. The molecule has 2 heteroatoms. The van der Waals surface area contributed by atoms with Crippen LogP contribution in [0, 0.1) is 18.9 Å². The lowest BCUT2D eigenvalue weighted by atomic mass is 10.1. The molecule has 0 bridgehead atoms. The van der Waals surface area contributed by atoms with E-state index in [0.29, 0.717) is 0 Å². The van der Waals surface area contributed by atoms with Crippen molar-refractivity contribution in [2.45, 2.75) is 32.6 Å². The molecule has 1 aliphatic rings. The SMILES string of the molecule is Cc1cc[c]cc1NC(=O)C1CCCC1. The summed E-state index contributed by atoms with van der Waals surface area (Å²) in [6, 6.07) is 8.64. The maximum Gasteiger partial charge on any atom is 0.227 e. The van der Waals surface area contributed by atoms with Gasteiger partial charge in [-0.05, 0) is 37.5 Å². The zero-order valence-corrected chi connectivity index (χ0v) is 9.05. The molecule has 0 aromatic heterocycles. The molecule has 1 saturated carbocycles. The number of hydrogen-bond acceptors (Lipinski definition) is 1. The summed E-state index contributed by atoms with van der Waals surface area (Å²) in [5.41, 5.74) is 1.99. The van der Waals surface area contributed by atoms with E-state index in [1.165, 1.54) is 12.8 Å². The summed E-state index contributed by atoms with van der Waals surface area (Å²) >= 11 is 0. The molecule has 2 rings (SSSR count). The molecule has 0 atom stereocenters. The molecule has 79 valence electrons. The normalized spacial score (nSPS) is 16.6. The van der Waals surface area contributed by atoms with E-state index in [1.54, 1.807) is 0 Å². The monoisotopic (exact) mass is 202 g/mol. The van der Waals surface area contributed by atoms with Crippen molar-refractivity contribution in [2.24, 2.45) is 5.92 Å². The second-order valence-electron chi connectivity index (χ2n) is 4.21. The molecule has 1 aromatic carbocycles. The predicted molar refractivity (Wildman–Crippen MR) is 60.6 cm³/mol. The zero-order chi connectivity index (χ0) is 10.7. The fourth-order valence-electron chi connectivity index (χ4n) is 2.07. The van der Waals surface area contributed by atoms with Crippen molar-refractivity contribution in [1.82, 2.24) is 0 Å². The van der Waals surface area contributed by atoms with Gasteiger partial charge in [-0.15, -0.1) is 0 Å². The second kappa shape index (κ2) is 4.47. The van der Waals surface area contributed by atoms with Gasteiger partial charge in [0.1, 0.15) is 0 Å². The Hall–Kier alpha value is -1.31. The predicted octanol–water partition coefficient (Wildman–Crippen LogP) is 2.92. The minimum Gasteiger partial charge on any atom is -0.326 e. The highest BCUT2D eigenvalue weighted by Crippen LogP contribution is 2.26. The molecule has 2 nitrogen and oxygen atoms in total. The Bertz CT molecular complexity index is 353. The lowest BCUT2D eigenvalue weighted by Gasteiger charge is -2.11. The van der Waals surface area contributed by atoms with Crippen molar-refractivity contribution in [1.29, 1.82) is 0 Å². The first-order valence-corrected chi connectivity index (χ1v) is 5.55. The maximum atomic E-state index is 11.8. The van der Waals surface area contributed by atoms with Gasteiger partial charge >= 0.3 is 0 Å². The summed E-state index contributed by atoms with van der Waals surface area (Å²) in [5.74, 6) is 0.403. The number of carbonyl (C=O) groups excluding carboxylic acids is 1. The number of aryl methyl sites for hydroxylation is 1. The fourth-order valence-corrected chi connectivity index (χ4v) is 2.07. The van der Waals surface area contributed by atoms with Crippen LogP contribution in [0.5, 0.6) is 0 Å². The van der Waals surface area contributed by atoms with Crippen LogP contribution in [-0.2, 0) is 4.79 Å². The molecule has 1 aliphatic carbocycles. The summed E-state index contributed by atoms with van der Waals surface area (Å²) in [5, 5.41) is 2.98. The third-order valence-electron chi connectivity index (χ3n) is 3.07. The number of carbonyl (C=O) groups is 1. The van der Waals surface area contributed by atoms with Crippen molar-refractivity contribution in [3.63, 3.8) is 0 Å². The van der Waals surface area contributed by atoms with Crippen LogP contribution in [0.1, 0.15) is 31.2 Å². The quantitative estimate of drug-likeness (QED) is 0.785. The average molecular weight is 202 g/mol. The van der Waals surface area contributed by atoms with Gasteiger partial charge in [-0.3, -0.25) is 4.79 Å². The summed E-state index contributed by atoms with van der Waals surface area (Å²) in [7, 11) is 0. The molecule has 1 radical (unpaired) electrons.